The van der Waals surface area contributed by atoms with E-state index in [1.165, 1.54) is 17.5 Å². The molecular formula is C26H37N3O4S. The number of amides is 1. The molecule has 1 saturated heterocycles. The van der Waals surface area contributed by atoms with Crippen LogP contribution in [-0.4, -0.2) is 56.3 Å². The van der Waals surface area contributed by atoms with Crippen LogP contribution >= 0.6 is 0 Å². The van der Waals surface area contributed by atoms with E-state index in [0.717, 1.165) is 36.9 Å². The fraction of sp³-hybridized carbons (Fsp3) is 0.500. The summed E-state index contributed by atoms with van der Waals surface area (Å²) in [6, 6.07) is 12.9. The molecule has 1 fully saturated rings. The number of hydrogen-bond acceptors (Lipinski definition) is 5. The van der Waals surface area contributed by atoms with Crippen LogP contribution in [0.1, 0.15) is 61.5 Å². The molecule has 0 radical (unpaired) electrons. The summed E-state index contributed by atoms with van der Waals surface area (Å²) < 4.78 is 33.8. The van der Waals surface area contributed by atoms with Gasteiger partial charge in [-0.15, -0.1) is 0 Å². The highest BCUT2D eigenvalue weighted by Crippen LogP contribution is 2.31. The molecule has 1 N–H and O–H groups in total. The van der Waals surface area contributed by atoms with Gasteiger partial charge in [-0.05, 0) is 70.0 Å². The average Bonchev–Trinajstić information content (AvgIpc) is 2.82. The number of hydrogen-bond donors (Lipinski definition) is 1. The largest absolute Gasteiger partial charge is 0.495 e. The Hall–Kier alpha value is -2.42. The van der Waals surface area contributed by atoms with Crippen LogP contribution in [0.5, 0.6) is 5.75 Å². The number of ether oxygens (including phenoxy) is 1. The summed E-state index contributed by atoms with van der Waals surface area (Å²) in [5.41, 5.74) is 2.48. The fourth-order valence-electron chi connectivity index (χ4n) is 4.19. The molecule has 1 aliphatic heterocycles. The summed E-state index contributed by atoms with van der Waals surface area (Å²) in [6.45, 7) is 7.83. The Bertz CT molecular complexity index is 1100. The molecule has 0 aromatic heterocycles. The summed E-state index contributed by atoms with van der Waals surface area (Å²) in [4.78, 5) is 15.3. The normalized spacial score (nSPS) is 17.2. The zero-order valence-electron chi connectivity index (χ0n) is 20.9. The minimum Gasteiger partial charge on any atom is -0.495 e. The lowest BCUT2D eigenvalue weighted by atomic mass is 10.1. The molecule has 1 amide bonds. The summed E-state index contributed by atoms with van der Waals surface area (Å²) in [6.07, 6.45) is 2.67. The van der Waals surface area contributed by atoms with Crippen molar-refractivity contribution in [1.82, 2.24) is 14.5 Å². The van der Waals surface area contributed by atoms with Crippen molar-refractivity contribution in [2.24, 2.45) is 0 Å². The third kappa shape index (κ3) is 5.98. The third-order valence-electron chi connectivity index (χ3n) is 6.61. The van der Waals surface area contributed by atoms with Crippen molar-refractivity contribution in [2.45, 2.75) is 70.1 Å². The predicted octanol–water partition coefficient (Wildman–Crippen LogP) is 4.03. The monoisotopic (exact) mass is 487 g/mol. The first kappa shape index (κ1) is 26.2. The van der Waals surface area contributed by atoms with Crippen molar-refractivity contribution in [3.05, 3.63) is 59.2 Å². The fourth-order valence-corrected chi connectivity index (χ4v) is 6.07. The highest BCUT2D eigenvalue weighted by atomic mass is 32.2. The second kappa shape index (κ2) is 11.3. The maximum Gasteiger partial charge on any atom is 0.251 e. The van der Waals surface area contributed by atoms with Gasteiger partial charge in [0.2, 0.25) is 10.0 Å². The Labute approximate surface area is 204 Å². The molecule has 186 valence electrons. The van der Waals surface area contributed by atoms with Crippen LogP contribution in [0.15, 0.2) is 47.4 Å². The zero-order valence-corrected chi connectivity index (χ0v) is 21.7. The number of sulfonamides is 1. The lowest BCUT2D eigenvalue weighted by Gasteiger charge is -2.32. The summed E-state index contributed by atoms with van der Waals surface area (Å²) in [5.74, 6) is -0.0748. The first-order chi connectivity index (χ1) is 16.1. The first-order valence-electron chi connectivity index (χ1n) is 11.9. The summed E-state index contributed by atoms with van der Waals surface area (Å²) in [7, 11) is -0.267. The highest BCUT2D eigenvalue weighted by molar-refractivity contribution is 7.89. The van der Waals surface area contributed by atoms with E-state index in [1.807, 2.05) is 25.1 Å². The number of nitrogens with zero attached hydrogens (tertiary/aromatic N) is 2. The van der Waals surface area contributed by atoms with Crippen LogP contribution < -0.4 is 10.1 Å². The second-order valence-electron chi connectivity index (χ2n) is 9.29. The molecule has 0 aliphatic carbocycles. The van der Waals surface area contributed by atoms with Crippen LogP contribution in [0.25, 0.3) is 0 Å². The molecule has 2 aromatic carbocycles. The molecule has 1 heterocycles. The smallest absolute Gasteiger partial charge is 0.251 e. The number of rotatable bonds is 9. The quantitative estimate of drug-likeness (QED) is 0.578. The number of piperidine rings is 1. The van der Waals surface area contributed by atoms with Crippen LogP contribution in [0.2, 0.25) is 0 Å². The first-order valence-corrected chi connectivity index (χ1v) is 13.3. The van der Waals surface area contributed by atoms with Gasteiger partial charge in [0.15, 0.2) is 0 Å². The number of benzene rings is 2. The van der Waals surface area contributed by atoms with E-state index in [0.29, 0.717) is 24.7 Å². The number of carbonyl (C=O) groups is 1. The molecule has 0 saturated carbocycles. The lowest BCUT2D eigenvalue weighted by molar-refractivity contribution is 0.0950. The van der Waals surface area contributed by atoms with E-state index in [9.17, 15) is 13.2 Å². The van der Waals surface area contributed by atoms with Crippen LogP contribution in [-0.2, 0) is 23.1 Å². The van der Waals surface area contributed by atoms with Gasteiger partial charge in [0.25, 0.3) is 5.91 Å². The van der Waals surface area contributed by atoms with Crippen molar-refractivity contribution in [2.75, 3.05) is 20.7 Å². The van der Waals surface area contributed by atoms with Crippen molar-refractivity contribution in [3.63, 3.8) is 0 Å². The van der Waals surface area contributed by atoms with Crippen molar-refractivity contribution in [1.29, 1.82) is 0 Å². The van der Waals surface area contributed by atoms with Gasteiger partial charge in [-0.2, -0.15) is 4.31 Å². The Morgan fingerprint density at radius 1 is 1.18 bits per heavy atom. The summed E-state index contributed by atoms with van der Waals surface area (Å²) >= 11 is 0. The van der Waals surface area contributed by atoms with Crippen molar-refractivity contribution < 1.29 is 17.9 Å². The van der Waals surface area contributed by atoms with Gasteiger partial charge in [0, 0.05) is 37.3 Å². The number of nitrogens with one attached hydrogen (secondary N) is 1. The third-order valence-corrected chi connectivity index (χ3v) is 8.65. The molecule has 1 atom stereocenters. The maximum absolute atomic E-state index is 13.4. The standard InChI is InChI=1S/C26H37N3O4S/c1-19(2)28(4)18-23-12-7-6-11-22(23)17-27-26(30)21-13-14-24(33-5)25(16-21)34(31,32)29-15-9-8-10-20(29)3/h6-7,11-14,16,19-20H,8-10,15,17-18H2,1-5H3,(H,27,30). The van der Waals surface area contributed by atoms with Crippen LogP contribution in [0.4, 0.5) is 0 Å². The van der Waals surface area contributed by atoms with Gasteiger partial charge >= 0.3 is 0 Å². The Kier molecular flexibility index (Phi) is 8.73. The van der Waals surface area contributed by atoms with Gasteiger partial charge in [-0.3, -0.25) is 9.69 Å². The van der Waals surface area contributed by atoms with E-state index in [2.05, 4.69) is 37.2 Å². The van der Waals surface area contributed by atoms with Gasteiger partial charge < -0.3 is 10.1 Å². The van der Waals surface area contributed by atoms with E-state index in [-0.39, 0.29) is 22.6 Å². The van der Waals surface area contributed by atoms with Gasteiger partial charge in [0.05, 0.1) is 7.11 Å². The van der Waals surface area contributed by atoms with E-state index in [4.69, 9.17) is 4.74 Å². The van der Waals surface area contributed by atoms with Crippen molar-refractivity contribution >= 4 is 15.9 Å². The highest BCUT2D eigenvalue weighted by Gasteiger charge is 2.33. The zero-order chi connectivity index (χ0) is 24.9. The Balaban J connectivity index is 1.81. The predicted molar refractivity (Wildman–Crippen MR) is 134 cm³/mol. The van der Waals surface area contributed by atoms with Crippen molar-refractivity contribution in [3.8, 4) is 5.75 Å². The summed E-state index contributed by atoms with van der Waals surface area (Å²) in [5, 5.41) is 2.96. The second-order valence-corrected chi connectivity index (χ2v) is 11.1. The molecule has 0 spiro atoms. The topological polar surface area (TPSA) is 79.0 Å². The Morgan fingerprint density at radius 2 is 1.88 bits per heavy atom. The molecule has 8 heteroatoms. The Morgan fingerprint density at radius 3 is 2.53 bits per heavy atom. The molecular weight excluding hydrogens is 450 g/mol. The molecule has 2 aromatic rings. The molecule has 0 bridgehead atoms. The number of carbonyl (C=O) groups excluding carboxylic acids is 1. The average molecular weight is 488 g/mol. The maximum atomic E-state index is 13.4. The molecule has 3 rings (SSSR count). The number of methoxy groups -OCH3 is 1. The van der Waals surface area contributed by atoms with Crippen LogP contribution in [0.3, 0.4) is 0 Å². The molecule has 1 aliphatic rings. The van der Waals surface area contributed by atoms with Gasteiger partial charge in [-0.25, -0.2) is 8.42 Å². The van der Waals surface area contributed by atoms with E-state index >= 15 is 0 Å². The lowest BCUT2D eigenvalue weighted by Crippen LogP contribution is -2.42. The van der Waals surface area contributed by atoms with E-state index < -0.39 is 10.0 Å². The van der Waals surface area contributed by atoms with E-state index in [1.54, 1.807) is 12.1 Å². The van der Waals surface area contributed by atoms with Gasteiger partial charge in [0.1, 0.15) is 10.6 Å². The van der Waals surface area contributed by atoms with Crippen LogP contribution in [0, 0.1) is 0 Å². The van der Waals surface area contributed by atoms with Gasteiger partial charge in [-0.1, -0.05) is 30.7 Å². The molecule has 34 heavy (non-hydrogen) atoms. The molecule has 7 nitrogen and oxygen atoms in total. The minimum absolute atomic E-state index is 0.0374. The SMILES string of the molecule is COc1ccc(C(=O)NCc2ccccc2CN(C)C(C)C)cc1S(=O)(=O)N1CCCCC1C. The minimum atomic E-state index is -3.78. The molecule has 1 unspecified atom stereocenters.